The van der Waals surface area contributed by atoms with Crippen molar-refractivity contribution in [3.05, 3.63) is 89.1 Å². The summed E-state index contributed by atoms with van der Waals surface area (Å²) in [6.45, 7) is 1.57. The Kier molecular flexibility index (Phi) is 6.73. The van der Waals surface area contributed by atoms with Gasteiger partial charge >= 0.3 is 6.18 Å². The predicted octanol–water partition coefficient (Wildman–Crippen LogP) is 4.47. The Morgan fingerprint density at radius 2 is 1.56 bits per heavy atom. The second-order valence-electron chi connectivity index (χ2n) is 7.71. The van der Waals surface area contributed by atoms with Crippen molar-refractivity contribution in [2.75, 3.05) is 38.2 Å². The molecule has 1 aromatic heterocycles. The fourth-order valence-electron chi connectivity index (χ4n) is 3.69. The van der Waals surface area contributed by atoms with Gasteiger partial charge in [0.25, 0.3) is 5.91 Å². The lowest BCUT2D eigenvalue weighted by molar-refractivity contribution is -0.138. The molecule has 0 bridgehead atoms. The second-order valence-corrected chi connectivity index (χ2v) is 7.71. The van der Waals surface area contributed by atoms with Gasteiger partial charge in [-0.1, -0.05) is 24.0 Å². The summed E-state index contributed by atoms with van der Waals surface area (Å²) in [6, 6.07) is 16.1. The summed E-state index contributed by atoms with van der Waals surface area (Å²) in [5.41, 5.74) is 0.395. The van der Waals surface area contributed by atoms with E-state index < -0.39 is 17.6 Å². The van der Waals surface area contributed by atoms with Crippen LogP contribution in [0.15, 0.2) is 66.9 Å². The number of ether oxygens (including phenoxy) is 1. The third-order valence-electron chi connectivity index (χ3n) is 5.54. The largest absolute Gasteiger partial charge is 0.497 e. The average molecular weight is 465 g/mol. The molecule has 2 heterocycles. The van der Waals surface area contributed by atoms with Crippen molar-refractivity contribution in [1.82, 2.24) is 9.88 Å². The molecule has 174 valence electrons. The first-order valence-corrected chi connectivity index (χ1v) is 10.7. The number of halogens is 3. The zero-order chi connectivity index (χ0) is 24.1. The van der Waals surface area contributed by atoms with E-state index in [0.29, 0.717) is 26.2 Å². The molecule has 1 aliphatic heterocycles. The molecule has 2 aromatic carbocycles. The van der Waals surface area contributed by atoms with E-state index in [1.165, 1.54) is 23.1 Å². The third kappa shape index (κ3) is 5.31. The fourth-order valence-corrected chi connectivity index (χ4v) is 3.69. The lowest BCUT2D eigenvalue weighted by atomic mass is 10.1. The van der Waals surface area contributed by atoms with Crippen LogP contribution in [0.1, 0.15) is 27.0 Å². The van der Waals surface area contributed by atoms with Crippen molar-refractivity contribution in [3.8, 4) is 17.6 Å². The molecule has 0 radical (unpaired) electrons. The molecule has 0 saturated carbocycles. The van der Waals surface area contributed by atoms with E-state index in [0.717, 1.165) is 28.8 Å². The van der Waals surface area contributed by atoms with Crippen LogP contribution in [0.5, 0.6) is 5.75 Å². The van der Waals surface area contributed by atoms with Gasteiger partial charge in [-0.05, 0) is 48.5 Å². The van der Waals surface area contributed by atoms with Crippen LogP contribution in [0.2, 0.25) is 0 Å². The maximum absolute atomic E-state index is 13.3. The first kappa shape index (κ1) is 23.2. The summed E-state index contributed by atoms with van der Waals surface area (Å²) >= 11 is 0. The van der Waals surface area contributed by atoms with E-state index in [-0.39, 0.29) is 5.56 Å². The molecule has 1 saturated heterocycles. The van der Waals surface area contributed by atoms with Crippen LogP contribution in [0, 0.1) is 11.8 Å². The van der Waals surface area contributed by atoms with Crippen molar-refractivity contribution >= 4 is 11.7 Å². The number of piperazine rings is 1. The molecular formula is C26H22F3N3O2. The molecule has 5 nitrogen and oxygen atoms in total. The van der Waals surface area contributed by atoms with E-state index >= 15 is 0 Å². The van der Waals surface area contributed by atoms with Gasteiger partial charge in [-0.15, -0.1) is 0 Å². The highest BCUT2D eigenvalue weighted by atomic mass is 19.4. The molecule has 34 heavy (non-hydrogen) atoms. The molecule has 0 unspecified atom stereocenters. The van der Waals surface area contributed by atoms with Crippen molar-refractivity contribution in [2.45, 2.75) is 6.18 Å². The van der Waals surface area contributed by atoms with Gasteiger partial charge in [-0.3, -0.25) is 4.79 Å². The standard InChI is InChI=1S/C26H22F3N3O2/c1-34-21-11-8-19(9-12-21)6-7-20-10-13-24(30-18-20)31-14-16-32(17-15-31)25(33)22-4-2-3-5-23(22)26(27,28)29/h2-5,8-13,18H,14-17H2,1H3. The predicted molar refractivity (Wildman–Crippen MR) is 123 cm³/mol. The minimum absolute atomic E-state index is 0.311. The summed E-state index contributed by atoms with van der Waals surface area (Å²) in [6.07, 6.45) is -2.89. The smallest absolute Gasteiger partial charge is 0.417 e. The number of anilines is 1. The number of alkyl halides is 3. The Morgan fingerprint density at radius 3 is 2.18 bits per heavy atom. The Hall–Kier alpha value is -3.99. The summed E-state index contributed by atoms with van der Waals surface area (Å²) in [5, 5.41) is 0. The first-order valence-electron chi connectivity index (χ1n) is 10.7. The highest BCUT2D eigenvalue weighted by Crippen LogP contribution is 2.32. The molecule has 0 aliphatic carbocycles. The minimum Gasteiger partial charge on any atom is -0.497 e. The average Bonchev–Trinajstić information content (AvgIpc) is 2.87. The number of rotatable bonds is 3. The van der Waals surface area contributed by atoms with Crippen molar-refractivity contribution in [3.63, 3.8) is 0 Å². The Balaban J connectivity index is 1.37. The number of carbonyl (C=O) groups is 1. The van der Waals surface area contributed by atoms with E-state index in [1.807, 2.05) is 41.3 Å². The fraction of sp³-hybridized carbons (Fsp3) is 0.231. The van der Waals surface area contributed by atoms with Crippen molar-refractivity contribution in [1.29, 1.82) is 0 Å². The number of hydrogen-bond donors (Lipinski definition) is 0. The molecular weight excluding hydrogens is 443 g/mol. The molecule has 1 aliphatic rings. The van der Waals surface area contributed by atoms with Gasteiger partial charge in [0, 0.05) is 43.5 Å². The first-order chi connectivity index (χ1) is 16.3. The number of hydrogen-bond acceptors (Lipinski definition) is 4. The van der Waals surface area contributed by atoms with Crippen LogP contribution in [-0.2, 0) is 6.18 Å². The molecule has 0 atom stereocenters. The lowest BCUT2D eigenvalue weighted by Crippen LogP contribution is -2.49. The molecule has 1 amide bonds. The topological polar surface area (TPSA) is 45.7 Å². The molecule has 1 fully saturated rings. The number of benzene rings is 2. The number of pyridine rings is 1. The minimum atomic E-state index is -4.57. The van der Waals surface area contributed by atoms with Gasteiger partial charge in [0.1, 0.15) is 11.6 Å². The Morgan fingerprint density at radius 1 is 0.912 bits per heavy atom. The lowest BCUT2D eigenvalue weighted by Gasteiger charge is -2.35. The highest BCUT2D eigenvalue weighted by Gasteiger charge is 2.36. The number of carbonyl (C=O) groups excluding carboxylic acids is 1. The van der Waals surface area contributed by atoms with E-state index in [2.05, 4.69) is 16.8 Å². The quantitative estimate of drug-likeness (QED) is 0.536. The van der Waals surface area contributed by atoms with Crippen molar-refractivity contribution < 1.29 is 22.7 Å². The maximum Gasteiger partial charge on any atom is 0.417 e. The number of aromatic nitrogens is 1. The number of amides is 1. The Labute approximate surface area is 195 Å². The van der Waals surface area contributed by atoms with Gasteiger partial charge in [0.05, 0.1) is 18.2 Å². The van der Waals surface area contributed by atoms with Gasteiger partial charge in [0.2, 0.25) is 0 Å². The highest BCUT2D eigenvalue weighted by molar-refractivity contribution is 5.96. The zero-order valence-corrected chi connectivity index (χ0v) is 18.5. The van der Waals surface area contributed by atoms with Gasteiger partial charge in [0.15, 0.2) is 0 Å². The van der Waals surface area contributed by atoms with Crippen LogP contribution in [0.3, 0.4) is 0 Å². The van der Waals surface area contributed by atoms with E-state index in [4.69, 9.17) is 4.74 Å². The monoisotopic (exact) mass is 465 g/mol. The third-order valence-corrected chi connectivity index (χ3v) is 5.54. The molecule has 0 N–H and O–H groups in total. The summed E-state index contributed by atoms with van der Waals surface area (Å²) < 4.78 is 45.0. The van der Waals surface area contributed by atoms with Crippen LogP contribution in [-0.4, -0.2) is 49.1 Å². The number of methoxy groups -OCH3 is 1. The zero-order valence-electron chi connectivity index (χ0n) is 18.5. The van der Waals surface area contributed by atoms with Crippen molar-refractivity contribution in [2.24, 2.45) is 0 Å². The normalized spacial score (nSPS) is 13.8. The van der Waals surface area contributed by atoms with Crippen LogP contribution >= 0.6 is 0 Å². The molecule has 0 spiro atoms. The van der Waals surface area contributed by atoms with Gasteiger partial charge in [-0.2, -0.15) is 13.2 Å². The van der Waals surface area contributed by atoms with Gasteiger partial charge in [-0.25, -0.2) is 4.98 Å². The van der Waals surface area contributed by atoms with Crippen LogP contribution in [0.25, 0.3) is 0 Å². The van der Waals surface area contributed by atoms with Gasteiger partial charge < -0.3 is 14.5 Å². The summed E-state index contributed by atoms with van der Waals surface area (Å²) in [7, 11) is 1.61. The maximum atomic E-state index is 13.3. The number of nitrogens with zero attached hydrogens (tertiary/aromatic N) is 3. The van der Waals surface area contributed by atoms with Crippen LogP contribution < -0.4 is 9.64 Å². The van der Waals surface area contributed by atoms with E-state index in [1.54, 1.807) is 13.3 Å². The molecule has 8 heteroatoms. The summed E-state index contributed by atoms with van der Waals surface area (Å²) in [5.74, 6) is 7.04. The Bertz CT molecular complexity index is 1210. The van der Waals surface area contributed by atoms with Crippen LogP contribution in [0.4, 0.5) is 19.0 Å². The second kappa shape index (κ2) is 9.87. The molecule has 3 aromatic rings. The van der Waals surface area contributed by atoms with E-state index in [9.17, 15) is 18.0 Å². The summed E-state index contributed by atoms with van der Waals surface area (Å²) in [4.78, 5) is 20.7. The SMILES string of the molecule is COc1ccc(C#Cc2ccc(N3CCN(C(=O)c4ccccc4C(F)(F)F)CC3)nc2)cc1. The molecule has 4 rings (SSSR count).